The van der Waals surface area contributed by atoms with Gasteiger partial charge in [0.1, 0.15) is 5.75 Å². The zero-order valence-electron chi connectivity index (χ0n) is 10.4. The standard InChI is InChI=1S/C15H16O3S/c16-12-4-6-13(7-5-12)19-9-1-2-11-3-8-14(17)15(18)10-11/h3-8,10,16-18H,1-2,9H2. The van der Waals surface area contributed by atoms with E-state index in [9.17, 15) is 15.3 Å². The Morgan fingerprint density at radius 1 is 0.842 bits per heavy atom. The van der Waals surface area contributed by atoms with Crippen LogP contribution >= 0.6 is 11.8 Å². The predicted octanol–water partition coefficient (Wildman–Crippen LogP) is 3.53. The zero-order chi connectivity index (χ0) is 13.7. The van der Waals surface area contributed by atoms with Crippen molar-refractivity contribution in [2.75, 3.05) is 5.75 Å². The van der Waals surface area contributed by atoms with Gasteiger partial charge in [-0.2, -0.15) is 0 Å². The Balaban J connectivity index is 1.77. The first-order valence-electron chi connectivity index (χ1n) is 6.08. The summed E-state index contributed by atoms with van der Waals surface area (Å²) < 4.78 is 0. The molecule has 0 unspecified atom stereocenters. The number of phenolic OH excluding ortho intramolecular Hbond substituents is 3. The quantitative estimate of drug-likeness (QED) is 0.444. The highest BCUT2D eigenvalue weighted by Gasteiger charge is 2.01. The monoisotopic (exact) mass is 276 g/mol. The fraction of sp³-hybridized carbons (Fsp3) is 0.200. The van der Waals surface area contributed by atoms with Gasteiger partial charge in [0.25, 0.3) is 0 Å². The van der Waals surface area contributed by atoms with E-state index in [4.69, 9.17) is 0 Å². The van der Waals surface area contributed by atoms with Gasteiger partial charge in [0.15, 0.2) is 11.5 Å². The third-order valence-corrected chi connectivity index (χ3v) is 3.85. The molecule has 3 nitrogen and oxygen atoms in total. The summed E-state index contributed by atoms with van der Waals surface area (Å²) >= 11 is 1.73. The van der Waals surface area contributed by atoms with E-state index in [-0.39, 0.29) is 17.2 Å². The zero-order valence-corrected chi connectivity index (χ0v) is 11.2. The second kappa shape index (κ2) is 6.38. The van der Waals surface area contributed by atoms with Gasteiger partial charge in [0, 0.05) is 4.90 Å². The van der Waals surface area contributed by atoms with E-state index in [1.807, 2.05) is 18.2 Å². The number of thioether (sulfide) groups is 1. The molecule has 3 N–H and O–H groups in total. The highest BCUT2D eigenvalue weighted by Crippen LogP contribution is 2.26. The van der Waals surface area contributed by atoms with Crippen LogP contribution in [0.15, 0.2) is 47.4 Å². The molecule has 4 heteroatoms. The average Bonchev–Trinajstić information content (AvgIpc) is 2.41. The van der Waals surface area contributed by atoms with Crippen molar-refractivity contribution in [3.8, 4) is 17.2 Å². The van der Waals surface area contributed by atoms with Crippen LogP contribution < -0.4 is 0 Å². The number of aromatic hydroxyl groups is 3. The molecule has 0 aliphatic rings. The third kappa shape index (κ3) is 4.10. The van der Waals surface area contributed by atoms with E-state index in [2.05, 4.69) is 0 Å². The fourth-order valence-electron chi connectivity index (χ4n) is 1.73. The topological polar surface area (TPSA) is 60.7 Å². The van der Waals surface area contributed by atoms with E-state index in [0.717, 1.165) is 29.1 Å². The number of rotatable bonds is 5. The first-order chi connectivity index (χ1) is 9.15. The Kier molecular flexibility index (Phi) is 4.58. The molecule has 2 aromatic rings. The van der Waals surface area contributed by atoms with Crippen molar-refractivity contribution in [2.24, 2.45) is 0 Å². The van der Waals surface area contributed by atoms with Gasteiger partial charge in [0.2, 0.25) is 0 Å². The lowest BCUT2D eigenvalue weighted by molar-refractivity contribution is 0.403. The Morgan fingerprint density at radius 2 is 1.58 bits per heavy atom. The maximum Gasteiger partial charge on any atom is 0.157 e. The number of benzene rings is 2. The van der Waals surface area contributed by atoms with Crippen LogP contribution in [0.4, 0.5) is 0 Å². The lowest BCUT2D eigenvalue weighted by Crippen LogP contribution is -1.88. The Morgan fingerprint density at radius 3 is 2.26 bits per heavy atom. The van der Waals surface area contributed by atoms with Gasteiger partial charge in [0.05, 0.1) is 0 Å². The van der Waals surface area contributed by atoms with Crippen LogP contribution in [-0.4, -0.2) is 21.1 Å². The summed E-state index contributed by atoms with van der Waals surface area (Å²) in [6.45, 7) is 0. The van der Waals surface area contributed by atoms with Gasteiger partial charge in [-0.3, -0.25) is 0 Å². The van der Waals surface area contributed by atoms with E-state index in [1.165, 1.54) is 6.07 Å². The van der Waals surface area contributed by atoms with Crippen LogP contribution in [0.25, 0.3) is 0 Å². The molecular formula is C15H16O3S. The molecule has 0 aliphatic carbocycles. The second-order valence-corrected chi connectivity index (χ2v) is 5.44. The molecule has 0 fully saturated rings. The smallest absolute Gasteiger partial charge is 0.157 e. The second-order valence-electron chi connectivity index (χ2n) is 4.27. The van der Waals surface area contributed by atoms with Crippen LogP contribution in [0.5, 0.6) is 17.2 Å². The first-order valence-corrected chi connectivity index (χ1v) is 7.06. The van der Waals surface area contributed by atoms with Crippen molar-refractivity contribution in [3.05, 3.63) is 48.0 Å². The Bertz CT molecular complexity index is 538. The molecule has 0 aromatic heterocycles. The summed E-state index contributed by atoms with van der Waals surface area (Å²) in [5, 5.41) is 27.8. The molecule has 0 saturated heterocycles. The summed E-state index contributed by atoms with van der Waals surface area (Å²) in [5.74, 6) is 1.10. The van der Waals surface area contributed by atoms with Crippen molar-refractivity contribution in [1.29, 1.82) is 0 Å². The van der Waals surface area contributed by atoms with Gasteiger partial charge in [-0.1, -0.05) is 6.07 Å². The minimum absolute atomic E-state index is 0.0660. The van der Waals surface area contributed by atoms with Crippen LogP contribution in [0, 0.1) is 0 Å². The normalized spacial score (nSPS) is 10.5. The maximum atomic E-state index is 9.38. The average molecular weight is 276 g/mol. The molecule has 2 aromatic carbocycles. The van der Waals surface area contributed by atoms with Crippen molar-refractivity contribution in [3.63, 3.8) is 0 Å². The van der Waals surface area contributed by atoms with Gasteiger partial charge >= 0.3 is 0 Å². The van der Waals surface area contributed by atoms with Gasteiger partial charge in [-0.05, 0) is 60.6 Å². The predicted molar refractivity (Wildman–Crippen MR) is 76.9 cm³/mol. The highest BCUT2D eigenvalue weighted by atomic mass is 32.2. The Labute approximate surface area is 116 Å². The molecular weight excluding hydrogens is 260 g/mol. The van der Waals surface area contributed by atoms with E-state index < -0.39 is 0 Å². The summed E-state index contributed by atoms with van der Waals surface area (Å²) in [5.41, 5.74) is 1.02. The summed E-state index contributed by atoms with van der Waals surface area (Å²) in [7, 11) is 0. The first kappa shape index (κ1) is 13.6. The van der Waals surface area contributed by atoms with E-state index >= 15 is 0 Å². The third-order valence-electron chi connectivity index (χ3n) is 2.76. The van der Waals surface area contributed by atoms with Crippen molar-refractivity contribution in [1.82, 2.24) is 0 Å². The highest BCUT2D eigenvalue weighted by molar-refractivity contribution is 7.99. The summed E-state index contributed by atoms with van der Waals surface area (Å²) in [6, 6.07) is 12.1. The van der Waals surface area contributed by atoms with Gasteiger partial charge in [-0.25, -0.2) is 0 Å². The number of hydrogen-bond acceptors (Lipinski definition) is 4. The van der Waals surface area contributed by atoms with E-state index in [1.54, 1.807) is 30.0 Å². The van der Waals surface area contributed by atoms with Crippen LogP contribution in [0.2, 0.25) is 0 Å². The molecule has 0 radical (unpaired) electrons. The number of phenols is 3. The van der Waals surface area contributed by atoms with Crippen LogP contribution in [0.3, 0.4) is 0 Å². The molecule has 0 aliphatic heterocycles. The summed E-state index contributed by atoms with van der Waals surface area (Å²) in [4.78, 5) is 1.13. The molecule has 0 amide bonds. The van der Waals surface area contributed by atoms with Gasteiger partial charge in [-0.15, -0.1) is 11.8 Å². The van der Waals surface area contributed by atoms with Crippen molar-refractivity contribution >= 4 is 11.8 Å². The molecule has 0 atom stereocenters. The summed E-state index contributed by atoms with van der Waals surface area (Å²) in [6.07, 6.45) is 1.84. The number of hydrogen-bond donors (Lipinski definition) is 3. The molecule has 0 bridgehead atoms. The minimum atomic E-state index is -0.0813. The lowest BCUT2D eigenvalue weighted by atomic mass is 10.1. The molecule has 2 rings (SSSR count). The largest absolute Gasteiger partial charge is 0.508 e. The SMILES string of the molecule is Oc1ccc(SCCCc2ccc(O)c(O)c2)cc1. The minimum Gasteiger partial charge on any atom is -0.508 e. The Hall–Kier alpha value is -1.81. The lowest BCUT2D eigenvalue weighted by Gasteiger charge is -2.04. The fourth-order valence-corrected chi connectivity index (χ4v) is 2.59. The molecule has 100 valence electrons. The molecule has 0 spiro atoms. The maximum absolute atomic E-state index is 9.38. The number of aryl methyl sites for hydroxylation is 1. The van der Waals surface area contributed by atoms with Crippen molar-refractivity contribution in [2.45, 2.75) is 17.7 Å². The van der Waals surface area contributed by atoms with Crippen LogP contribution in [0.1, 0.15) is 12.0 Å². The molecule has 19 heavy (non-hydrogen) atoms. The molecule has 0 heterocycles. The van der Waals surface area contributed by atoms with Crippen molar-refractivity contribution < 1.29 is 15.3 Å². The van der Waals surface area contributed by atoms with Crippen LogP contribution in [-0.2, 0) is 6.42 Å². The molecule has 0 saturated carbocycles. The van der Waals surface area contributed by atoms with E-state index in [0.29, 0.717) is 0 Å². The van der Waals surface area contributed by atoms with Gasteiger partial charge < -0.3 is 15.3 Å².